The molecule has 1 aliphatic carbocycles. The van der Waals surface area contributed by atoms with Crippen molar-refractivity contribution in [2.45, 2.75) is 31.8 Å². The maximum Gasteiger partial charge on any atom is 0.108 e. The highest BCUT2D eigenvalue weighted by molar-refractivity contribution is 6.31. The molecule has 1 aromatic carbocycles. The van der Waals surface area contributed by atoms with E-state index in [0.29, 0.717) is 6.04 Å². The molecule has 1 aromatic heterocycles. The number of halogens is 1. The van der Waals surface area contributed by atoms with Gasteiger partial charge in [-0.2, -0.15) is 0 Å². The minimum Gasteiger partial charge on any atom is -0.469 e. The highest BCUT2D eigenvalue weighted by Crippen LogP contribution is 2.30. The van der Waals surface area contributed by atoms with Gasteiger partial charge in [-0.3, -0.25) is 0 Å². The summed E-state index contributed by atoms with van der Waals surface area (Å²) in [6.07, 6.45) is 5.20. The summed E-state index contributed by atoms with van der Waals surface area (Å²) in [5, 5.41) is 4.40. The summed E-state index contributed by atoms with van der Waals surface area (Å²) in [4.78, 5) is 0. The molecule has 0 saturated heterocycles. The van der Waals surface area contributed by atoms with Crippen LogP contribution in [0.1, 0.15) is 35.8 Å². The Morgan fingerprint density at radius 2 is 2.17 bits per heavy atom. The second-order valence-corrected chi connectivity index (χ2v) is 5.12. The minimum absolute atomic E-state index is 0.392. The molecule has 1 atom stereocenters. The van der Waals surface area contributed by atoms with E-state index in [1.54, 1.807) is 6.26 Å². The van der Waals surface area contributed by atoms with Gasteiger partial charge in [0.25, 0.3) is 0 Å². The summed E-state index contributed by atoms with van der Waals surface area (Å²) >= 11 is 6.16. The van der Waals surface area contributed by atoms with Crippen LogP contribution in [0.4, 0.5) is 0 Å². The van der Waals surface area contributed by atoms with Gasteiger partial charge in [0.15, 0.2) is 0 Å². The van der Waals surface area contributed by atoms with Crippen LogP contribution in [0, 0.1) is 0 Å². The van der Waals surface area contributed by atoms with Gasteiger partial charge in [0, 0.05) is 29.6 Å². The summed E-state index contributed by atoms with van der Waals surface area (Å²) in [6, 6.07) is 10.5. The van der Waals surface area contributed by atoms with E-state index in [9.17, 15) is 0 Å². The van der Waals surface area contributed by atoms with Crippen LogP contribution < -0.4 is 5.32 Å². The lowest BCUT2D eigenvalue weighted by molar-refractivity contribution is 0.411. The molecule has 1 N–H and O–H groups in total. The molecule has 18 heavy (non-hydrogen) atoms. The molecular formula is C15H16ClNO. The van der Waals surface area contributed by atoms with Crippen molar-refractivity contribution >= 4 is 11.6 Å². The fourth-order valence-corrected chi connectivity index (χ4v) is 2.78. The van der Waals surface area contributed by atoms with E-state index in [1.807, 2.05) is 18.2 Å². The van der Waals surface area contributed by atoms with Gasteiger partial charge in [-0.25, -0.2) is 0 Å². The van der Waals surface area contributed by atoms with Crippen molar-refractivity contribution in [3.05, 3.63) is 58.5 Å². The standard InChI is InChI=1S/C15H16ClNO/c16-13-5-2-1-4-11(13)10-17-14-6-3-7-15-12(14)8-9-18-15/h1-2,4-5,8-9,14,17H,3,6-7,10H2. The predicted octanol–water partition coefficient (Wildman–Crippen LogP) is 4.10. The van der Waals surface area contributed by atoms with Crippen LogP contribution in [0.5, 0.6) is 0 Å². The van der Waals surface area contributed by atoms with Crippen molar-refractivity contribution in [1.82, 2.24) is 5.32 Å². The summed E-state index contributed by atoms with van der Waals surface area (Å²) in [5.74, 6) is 1.14. The van der Waals surface area contributed by atoms with Crippen LogP contribution in [0.3, 0.4) is 0 Å². The second kappa shape index (κ2) is 5.17. The van der Waals surface area contributed by atoms with Crippen molar-refractivity contribution < 1.29 is 4.42 Å². The van der Waals surface area contributed by atoms with Crippen LogP contribution >= 0.6 is 11.6 Å². The van der Waals surface area contributed by atoms with Crippen molar-refractivity contribution in [3.8, 4) is 0 Å². The van der Waals surface area contributed by atoms with E-state index in [0.717, 1.165) is 35.7 Å². The first-order chi connectivity index (χ1) is 8.84. The Morgan fingerprint density at radius 1 is 1.28 bits per heavy atom. The molecule has 0 bridgehead atoms. The Kier molecular flexibility index (Phi) is 3.39. The number of rotatable bonds is 3. The molecule has 1 heterocycles. The number of furan rings is 1. The molecule has 0 saturated carbocycles. The third-order valence-electron chi connectivity index (χ3n) is 3.55. The normalized spacial score (nSPS) is 18.6. The summed E-state index contributed by atoms with van der Waals surface area (Å²) in [5.41, 5.74) is 2.46. The average Bonchev–Trinajstić information content (AvgIpc) is 2.86. The van der Waals surface area contributed by atoms with Gasteiger partial charge in [0.1, 0.15) is 5.76 Å². The summed E-state index contributed by atoms with van der Waals surface area (Å²) < 4.78 is 5.50. The first-order valence-electron chi connectivity index (χ1n) is 6.37. The highest BCUT2D eigenvalue weighted by atomic mass is 35.5. The van der Waals surface area contributed by atoms with Crippen molar-refractivity contribution in [3.63, 3.8) is 0 Å². The van der Waals surface area contributed by atoms with Gasteiger partial charge in [-0.15, -0.1) is 0 Å². The quantitative estimate of drug-likeness (QED) is 0.900. The van der Waals surface area contributed by atoms with E-state index < -0.39 is 0 Å². The van der Waals surface area contributed by atoms with Crippen LogP contribution in [-0.2, 0) is 13.0 Å². The average molecular weight is 262 g/mol. The Labute approximate surface area is 112 Å². The fourth-order valence-electron chi connectivity index (χ4n) is 2.57. The minimum atomic E-state index is 0.392. The molecule has 1 aliphatic rings. The predicted molar refractivity (Wildman–Crippen MR) is 72.7 cm³/mol. The molecule has 2 nitrogen and oxygen atoms in total. The van der Waals surface area contributed by atoms with Crippen LogP contribution in [0.2, 0.25) is 5.02 Å². The molecule has 3 heteroatoms. The van der Waals surface area contributed by atoms with Crippen LogP contribution in [0.25, 0.3) is 0 Å². The lowest BCUT2D eigenvalue weighted by Crippen LogP contribution is -2.24. The largest absolute Gasteiger partial charge is 0.469 e. The van der Waals surface area contributed by atoms with E-state index in [4.69, 9.17) is 16.0 Å². The fraction of sp³-hybridized carbons (Fsp3) is 0.333. The lowest BCUT2D eigenvalue weighted by atomic mass is 9.93. The van der Waals surface area contributed by atoms with E-state index >= 15 is 0 Å². The number of hydrogen-bond acceptors (Lipinski definition) is 2. The highest BCUT2D eigenvalue weighted by Gasteiger charge is 2.21. The number of aryl methyl sites for hydroxylation is 1. The van der Waals surface area contributed by atoms with Gasteiger partial charge in [-0.1, -0.05) is 29.8 Å². The summed E-state index contributed by atoms with van der Waals surface area (Å²) in [7, 11) is 0. The molecular weight excluding hydrogens is 246 g/mol. The molecule has 0 aliphatic heterocycles. The topological polar surface area (TPSA) is 25.2 Å². The third-order valence-corrected chi connectivity index (χ3v) is 3.92. The zero-order chi connectivity index (χ0) is 12.4. The molecule has 0 radical (unpaired) electrons. The Morgan fingerprint density at radius 3 is 3.06 bits per heavy atom. The van der Waals surface area contributed by atoms with Gasteiger partial charge in [0.2, 0.25) is 0 Å². The molecule has 3 rings (SSSR count). The Bertz CT molecular complexity index is 535. The number of hydrogen-bond donors (Lipinski definition) is 1. The van der Waals surface area contributed by atoms with Gasteiger partial charge in [-0.05, 0) is 30.5 Å². The SMILES string of the molecule is Clc1ccccc1CNC1CCCc2occc21. The van der Waals surface area contributed by atoms with Gasteiger partial charge < -0.3 is 9.73 Å². The zero-order valence-corrected chi connectivity index (χ0v) is 10.9. The van der Waals surface area contributed by atoms with Crippen LogP contribution in [0.15, 0.2) is 41.0 Å². The number of nitrogens with one attached hydrogen (secondary N) is 1. The van der Waals surface area contributed by atoms with E-state index in [-0.39, 0.29) is 0 Å². The maximum absolute atomic E-state index is 6.16. The molecule has 0 spiro atoms. The Balaban J connectivity index is 1.71. The van der Waals surface area contributed by atoms with Crippen molar-refractivity contribution in [2.24, 2.45) is 0 Å². The molecule has 0 amide bonds. The van der Waals surface area contributed by atoms with Crippen molar-refractivity contribution in [1.29, 1.82) is 0 Å². The lowest BCUT2D eigenvalue weighted by Gasteiger charge is -2.23. The smallest absolute Gasteiger partial charge is 0.108 e. The summed E-state index contributed by atoms with van der Waals surface area (Å²) in [6.45, 7) is 0.801. The van der Waals surface area contributed by atoms with Gasteiger partial charge >= 0.3 is 0 Å². The molecule has 2 aromatic rings. The number of benzene rings is 1. The Hall–Kier alpha value is -1.25. The maximum atomic E-state index is 6.16. The van der Waals surface area contributed by atoms with E-state index in [1.165, 1.54) is 12.0 Å². The molecule has 0 fully saturated rings. The monoisotopic (exact) mass is 261 g/mol. The zero-order valence-electron chi connectivity index (χ0n) is 10.2. The van der Waals surface area contributed by atoms with Crippen LogP contribution in [-0.4, -0.2) is 0 Å². The molecule has 94 valence electrons. The first kappa shape index (κ1) is 11.8. The van der Waals surface area contributed by atoms with Crippen molar-refractivity contribution in [2.75, 3.05) is 0 Å². The first-order valence-corrected chi connectivity index (χ1v) is 6.75. The third kappa shape index (κ3) is 2.31. The second-order valence-electron chi connectivity index (χ2n) is 4.72. The number of fused-ring (bicyclic) bond motifs is 1. The van der Waals surface area contributed by atoms with Gasteiger partial charge in [0.05, 0.1) is 6.26 Å². The molecule has 1 unspecified atom stereocenters. The van der Waals surface area contributed by atoms with E-state index in [2.05, 4.69) is 17.4 Å².